The molecule has 0 N–H and O–H groups in total. The molecule has 2 atom stereocenters. The van der Waals surface area contributed by atoms with E-state index in [-0.39, 0.29) is 11.9 Å². The number of piperidine rings is 1. The number of carbonyl (C=O) groups excluding carboxylic acids is 1. The first kappa shape index (κ1) is 15.0. The summed E-state index contributed by atoms with van der Waals surface area (Å²) in [5.41, 5.74) is 0. The maximum Gasteiger partial charge on any atom is 0.240 e. The highest BCUT2D eigenvalue weighted by Crippen LogP contribution is 2.20. The van der Waals surface area contributed by atoms with Gasteiger partial charge in [-0.15, -0.1) is 0 Å². The quantitative estimate of drug-likeness (QED) is 0.820. The number of aromatic nitrogens is 2. The van der Waals surface area contributed by atoms with Gasteiger partial charge in [-0.1, -0.05) is 0 Å². The number of hydrogen-bond acceptors (Lipinski definition) is 4. The molecule has 112 valence electrons. The van der Waals surface area contributed by atoms with E-state index in [9.17, 15) is 13.2 Å². The standard InChI is InChI=1S/C13H21N3O3S/c1-11(20(2,18)19)13(17)16-9-4-3-6-12(16)10-15-8-5-7-14-15/h5,7-8,11-12H,3-4,6,9-10H2,1-2H3/t11-,12-/m0/s1. The number of nitrogens with zero attached hydrogens (tertiary/aromatic N) is 3. The van der Waals surface area contributed by atoms with Crippen LogP contribution in [0.5, 0.6) is 0 Å². The summed E-state index contributed by atoms with van der Waals surface area (Å²) in [6.45, 7) is 2.72. The van der Waals surface area contributed by atoms with Gasteiger partial charge in [0.15, 0.2) is 9.84 Å². The minimum absolute atomic E-state index is 0.0281. The van der Waals surface area contributed by atoms with Crippen molar-refractivity contribution in [3.63, 3.8) is 0 Å². The van der Waals surface area contributed by atoms with Gasteiger partial charge < -0.3 is 4.90 Å². The van der Waals surface area contributed by atoms with Crippen LogP contribution in [0, 0.1) is 0 Å². The van der Waals surface area contributed by atoms with Crippen molar-refractivity contribution in [2.24, 2.45) is 0 Å². The molecule has 0 spiro atoms. The highest BCUT2D eigenvalue weighted by Gasteiger charge is 2.33. The Labute approximate surface area is 119 Å². The lowest BCUT2D eigenvalue weighted by Crippen LogP contribution is -2.50. The molecule has 7 heteroatoms. The molecule has 6 nitrogen and oxygen atoms in total. The molecule has 0 aromatic carbocycles. The Kier molecular flexibility index (Phi) is 4.47. The monoisotopic (exact) mass is 299 g/mol. The van der Waals surface area contributed by atoms with Crippen LogP contribution >= 0.6 is 0 Å². The van der Waals surface area contributed by atoms with E-state index < -0.39 is 15.1 Å². The molecule has 0 radical (unpaired) electrons. The van der Waals surface area contributed by atoms with E-state index in [0.29, 0.717) is 13.1 Å². The summed E-state index contributed by atoms with van der Waals surface area (Å²) in [7, 11) is -3.35. The van der Waals surface area contributed by atoms with Crippen LogP contribution in [0.25, 0.3) is 0 Å². The van der Waals surface area contributed by atoms with Crippen molar-refractivity contribution in [3.8, 4) is 0 Å². The largest absolute Gasteiger partial charge is 0.337 e. The Balaban J connectivity index is 2.12. The minimum atomic E-state index is -3.35. The molecule has 1 saturated heterocycles. The van der Waals surface area contributed by atoms with Crippen LogP contribution in [0.3, 0.4) is 0 Å². The molecule has 0 unspecified atom stereocenters. The second kappa shape index (κ2) is 5.95. The van der Waals surface area contributed by atoms with E-state index in [0.717, 1.165) is 25.5 Å². The Bertz CT molecular complexity index is 553. The highest BCUT2D eigenvalue weighted by atomic mass is 32.2. The molecule has 1 amide bonds. The van der Waals surface area contributed by atoms with Gasteiger partial charge in [-0.25, -0.2) is 8.42 Å². The first-order valence-electron chi connectivity index (χ1n) is 6.86. The molecule has 2 rings (SSSR count). The van der Waals surface area contributed by atoms with Gasteiger partial charge in [0.05, 0.1) is 12.6 Å². The Morgan fingerprint density at radius 2 is 2.20 bits per heavy atom. The fraction of sp³-hybridized carbons (Fsp3) is 0.692. The zero-order chi connectivity index (χ0) is 14.8. The third-order valence-corrected chi connectivity index (χ3v) is 5.34. The van der Waals surface area contributed by atoms with Crippen LogP contribution in [-0.2, 0) is 21.2 Å². The Morgan fingerprint density at radius 3 is 2.80 bits per heavy atom. The van der Waals surface area contributed by atoms with Crippen LogP contribution < -0.4 is 0 Å². The summed E-state index contributed by atoms with van der Waals surface area (Å²) in [5, 5.41) is 3.19. The van der Waals surface area contributed by atoms with E-state index in [1.54, 1.807) is 15.8 Å². The molecule has 1 aromatic heterocycles. The number of hydrogen-bond donors (Lipinski definition) is 0. The summed E-state index contributed by atoms with van der Waals surface area (Å²) in [4.78, 5) is 14.1. The SMILES string of the molecule is C[C@@H](C(=O)N1CCCC[C@H]1Cn1cccn1)S(C)(=O)=O. The van der Waals surface area contributed by atoms with Crippen LogP contribution in [0.1, 0.15) is 26.2 Å². The van der Waals surface area contributed by atoms with Gasteiger partial charge in [0.1, 0.15) is 5.25 Å². The second-order valence-electron chi connectivity index (χ2n) is 5.38. The molecular formula is C13H21N3O3S. The third kappa shape index (κ3) is 3.39. The predicted molar refractivity (Wildman–Crippen MR) is 75.9 cm³/mol. The van der Waals surface area contributed by atoms with Gasteiger partial charge in [-0.3, -0.25) is 9.48 Å². The molecular weight excluding hydrogens is 278 g/mol. The average molecular weight is 299 g/mol. The smallest absolute Gasteiger partial charge is 0.240 e. The van der Waals surface area contributed by atoms with Crippen LogP contribution in [0.15, 0.2) is 18.5 Å². The van der Waals surface area contributed by atoms with Crippen molar-refractivity contribution in [1.82, 2.24) is 14.7 Å². The predicted octanol–water partition coefficient (Wildman–Crippen LogP) is 0.697. The van der Waals surface area contributed by atoms with Crippen molar-refractivity contribution in [2.75, 3.05) is 12.8 Å². The van der Waals surface area contributed by atoms with Crippen molar-refractivity contribution >= 4 is 15.7 Å². The van der Waals surface area contributed by atoms with E-state index in [1.807, 2.05) is 12.3 Å². The molecule has 1 aromatic rings. The number of likely N-dealkylation sites (tertiary alicyclic amines) is 1. The molecule has 2 heterocycles. The van der Waals surface area contributed by atoms with Crippen molar-refractivity contribution < 1.29 is 13.2 Å². The van der Waals surface area contributed by atoms with Crippen molar-refractivity contribution in [3.05, 3.63) is 18.5 Å². The second-order valence-corrected chi connectivity index (χ2v) is 7.75. The van der Waals surface area contributed by atoms with Gasteiger partial charge in [-0.05, 0) is 32.3 Å². The molecule has 1 fully saturated rings. The van der Waals surface area contributed by atoms with E-state index in [2.05, 4.69) is 5.10 Å². The summed E-state index contributed by atoms with van der Waals surface area (Å²) >= 11 is 0. The topological polar surface area (TPSA) is 72.3 Å². The fourth-order valence-electron chi connectivity index (χ4n) is 2.52. The normalized spacial score (nSPS) is 21.7. The Hall–Kier alpha value is -1.37. The summed E-state index contributed by atoms with van der Waals surface area (Å²) in [6, 6.07) is 1.87. The average Bonchev–Trinajstić information content (AvgIpc) is 2.89. The van der Waals surface area contributed by atoms with Gasteiger partial charge in [0.2, 0.25) is 5.91 Å². The first-order valence-corrected chi connectivity index (χ1v) is 8.82. The third-order valence-electron chi connectivity index (χ3n) is 3.86. The van der Waals surface area contributed by atoms with Crippen LogP contribution in [0.2, 0.25) is 0 Å². The first-order chi connectivity index (χ1) is 9.39. The highest BCUT2D eigenvalue weighted by molar-refractivity contribution is 7.92. The molecule has 0 saturated carbocycles. The Morgan fingerprint density at radius 1 is 1.45 bits per heavy atom. The lowest BCUT2D eigenvalue weighted by molar-refractivity contribution is -0.134. The molecule has 20 heavy (non-hydrogen) atoms. The zero-order valence-corrected chi connectivity index (χ0v) is 12.7. The number of carbonyl (C=O) groups is 1. The van der Waals surface area contributed by atoms with Gasteiger partial charge in [0, 0.05) is 25.2 Å². The van der Waals surface area contributed by atoms with E-state index in [4.69, 9.17) is 0 Å². The summed E-state index contributed by atoms with van der Waals surface area (Å²) < 4.78 is 24.9. The van der Waals surface area contributed by atoms with Crippen LogP contribution in [-0.4, -0.2) is 53.1 Å². The zero-order valence-electron chi connectivity index (χ0n) is 11.9. The number of rotatable bonds is 4. The maximum atomic E-state index is 12.4. The van der Waals surface area contributed by atoms with Gasteiger partial charge in [0.25, 0.3) is 0 Å². The lowest BCUT2D eigenvalue weighted by atomic mass is 10.0. The molecule has 1 aliphatic rings. The van der Waals surface area contributed by atoms with Crippen molar-refractivity contribution in [2.45, 2.75) is 44.0 Å². The van der Waals surface area contributed by atoms with Gasteiger partial charge in [-0.2, -0.15) is 5.10 Å². The van der Waals surface area contributed by atoms with E-state index in [1.165, 1.54) is 6.92 Å². The lowest BCUT2D eigenvalue weighted by Gasteiger charge is -2.37. The minimum Gasteiger partial charge on any atom is -0.337 e. The summed E-state index contributed by atoms with van der Waals surface area (Å²) in [5.74, 6) is -0.288. The summed E-state index contributed by atoms with van der Waals surface area (Å²) in [6.07, 6.45) is 7.55. The maximum absolute atomic E-state index is 12.4. The van der Waals surface area contributed by atoms with Gasteiger partial charge >= 0.3 is 0 Å². The fourth-order valence-corrected chi connectivity index (χ4v) is 3.02. The molecule has 0 bridgehead atoms. The molecule has 0 aliphatic carbocycles. The van der Waals surface area contributed by atoms with Crippen molar-refractivity contribution in [1.29, 1.82) is 0 Å². The van der Waals surface area contributed by atoms with Crippen LogP contribution in [0.4, 0.5) is 0 Å². The number of amides is 1. The molecule has 1 aliphatic heterocycles. The van der Waals surface area contributed by atoms with E-state index >= 15 is 0 Å². The number of sulfone groups is 1.